The molecule has 7 rings (SSSR count). The van der Waals surface area contributed by atoms with Gasteiger partial charge in [0.1, 0.15) is 0 Å². The zero-order chi connectivity index (χ0) is 28.6. The van der Waals surface area contributed by atoms with Gasteiger partial charge in [0.25, 0.3) is 0 Å². The zero-order valence-electron chi connectivity index (χ0n) is 19.7. The van der Waals surface area contributed by atoms with Crippen molar-refractivity contribution in [2.24, 2.45) is 0 Å². The Morgan fingerprint density at radius 3 is 1.45 bits per heavy atom. The number of rotatable bonds is 1. The fraction of sp³-hybridized carbons (Fsp3) is 0.429. The van der Waals surface area contributed by atoms with E-state index in [4.69, 9.17) is 139 Å². The van der Waals surface area contributed by atoms with Crippen LogP contribution in [0.4, 0.5) is 0 Å². The van der Waals surface area contributed by atoms with E-state index >= 15 is 0 Å². The third-order valence-electron chi connectivity index (χ3n) is 6.82. The van der Waals surface area contributed by atoms with Crippen LogP contribution in [-0.2, 0) is 28.0 Å². The van der Waals surface area contributed by atoms with Crippen molar-refractivity contribution in [1.29, 1.82) is 0 Å². The van der Waals surface area contributed by atoms with Gasteiger partial charge in [-0.25, -0.2) is 0 Å². The van der Waals surface area contributed by atoms with Crippen LogP contribution < -0.4 is 18.1 Å². The first-order valence-electron chi connectivity index (χ1n) is 11.3. The minimum absolute atomic E-state index is 0.146. The molecule has 10 nitrogen and oxygen atoms in total. The molecule has 0 saturated carbocycles. The second-order valence-electron chi connectivity index (χ2n) is 9.23. The quantitative estimate of drug-likeness (QED) is 0.161. The molecule has 1 spiro atoms. The number of hydrogen-bond donors (Lipinski definition) is 0. The van der Waals surface area contributed by atoms with Crippen molar-refractivity contribution in [1.82, 2.24) is 0 Å². The second kappa shape index (κ2) is 8.87. The summed E-state index contributed by atoms with van der Waals surface area (Å²) in [6.45, 7) is 1.85. The van der Waals surface area contributed by atoms with Crippen molar-refractivity contribution in [2.75, 3.05) is 13.7 Å². The third-order valence-corrected chi connectivity index (χ3v) is 13.9. The standard InChI is InChI=1S/C21H14Cl8O10P/c1-4-31-3-5-14(32-4)19-20(21(30-2)33-5)39-40(38-19,34-15-10(26)6(22)7(23)11(27)16(15)35-40)36-17-12(28)8(24)9(25)13(29)18(17)37-40/h4-5,14,19-21H,3H2,1-2H3/q-1/t4-,5+,14+,19-,20-,21-/m0/s1. The van der Waals surface area contributed by atoms with Crippen molar-refractivity contribution in [2.45, 2.75) is 43.9 Å². The molecule has 0 bridgehead atoms. The number of hydrogen-bond acceptors (Lipinski definition) is 10. The van der Waals surface area contributed by atoms with E-state index in [-0.39, 0.29) is 69.8 Å². The number of fused-ring (bicyclic) bond motifs is 5. The van der Waals surface area contributed by atoms with E-state index in [2.05, 4.69) is 0 Å². The monoisotopic (exact) mass is 737 g/mol. The van der Waals surface area contributed by atoms with Crippen molar-refractivity contribution < 1.29 is 46.1 Å². The van der Waals surface area contributed by atoms with E-state index in [0.29, 0.717) is 0 Å². The fourth-order valence-corrected chi connectivity index (χ4v) is 11.4. The Morgan fingerprint density at radius 1 is 0.600 bits per heavy atom. The molecule has 5 heterocycles. The molecule has 5 aliphatic heterocycles. The van der Waals surface area contributed by atoms with Gasteiger partial charge in [-0.2, -0.15) is 0 Å². The Hall–Kier alpha value is 0.150. The van der Waals surface area contributed by atoms with Crippen LogP contribution in [0.15, 0.2) is 0 Å². The summed E-state index contributed by atoms with van der Waals surface area (Å²) < 4.78 is 61.9. The van der Waals surface area contributed by atoms with Crippen LogP contribution in [0.1, 0.15) is 6.92 Å². The molecule has 3 fully saturated rings. The molecule has 220 valence electrons. The Labute approximate surface area is 265 Å². The van der Waals surface area contributed by atoms with Crippen LogP contribution in [0.2, 0.25) is 40.2 Å². The van der Waals surface area contributed by atoms with Gasteiger partial charge in [0.2, 0.25) is 0 Å². The summed E-state index contributed by atoms with van der Waals surface area (Å²) in [5.41, 5.74) is 0. The summed E-state index contributed by atoms with van der Waals surface area (Å²) in [6, 6.07) is 0. The SMILES string of the molecule is CO[C@H]1O[C@@H]2CO[C@H](C)O[C@H]2[C@@H]2O[P-]34(Oc5c(Cl)c(Cl)c(Cl)c(Cl)c5O3)(Oc3c(Cl)c(Cl)c(Cl)c(Cl)c3O4)O[C@H]12. The number of ether oxygens (including phenoxy) is 4. The molecular formula is C21H14Cl8O10P-. The number of halogens is 8. The Balaban J connectivity index is 1.49. The summed E-state index contributed by atoms with van der Waals surface area (Å²) >= 11 is 51.4. The summed E-state index contributed by atoms with van der Waals surface area (Å²) in [6.07, 6.45) is -5.45. The van der Waals surface area contributed by atoms with Gasteiger partial charge in [-0.05, 0) is 0 Å². The number of methoxy groups -OCH3 is 1. The van der Waals surface area contributed by atoms with E-state index in [0.717, 1.165) is 0 Å². The Morgan fingerprint density at radius 2 is 1.02 bits per heavy atom. The van der Waals surface area contributed by atoms with Crippen molar-refractivity contribution in [3.63, 3.8) is 0 Å². The van der Waals surface area contributed by atoms with Crippen LogP contribution in [0.3, 0.4) is 0 Å². The van der Waals surface area contributed by atoms with E-state index < -0.39 is 44.3 Å². The molecule has 3 saturated heterocycles. The van der Waals surface area contributed by atoms with E-state index in [1.807, 2.05) is 0 Å². The van der Waals surface area contributed by atoms with Gasteiger partial charge in [-0.15, -0.1) is 0 Å². The predicted octanol–water partition coefficient (Wildman–Crippen LogP) is 8.65. The molecule has 0 amide bonds. The third kappa shape index (κ3) is 3.59. The molecule has 19 heteroatoms. The first-order valence-corrected chi connectivity index (χ1v) is 16.5. The molecule has 0 aromatic heterocycles. The van der Waals surface area contributed by atoms with Crippen LogP contribution in [0.5, 0.6) is 23.0 Å². The molecule has 0 N–H and O–H groups in total. The normalized spacial score (nSPS) is 35.0. The van der Waals surface area contributed by atoms with Gasteiger partial charge in [0.05, 0.1) is 0 Å². The minimum atomic E-state index is -6.69. The summed E-state index contributed by atoms with van der Waals surface area (Å²) in [5, 5.41) is -1.46. The first kappa shape index (κ1) is 28.9. The van der Waals surface area contributed by atoms with Crippen molar-refractivity contribution >= 4 is 100 Å². The average molecular weight is 741 g/mol. The molecule has 0 aliphatic carbocycles. The maximum absolute atomic E-state index is 6.69. The van der Waals surface area contributed by atoms with Crippen molar-refractivity contribution in [3.8, 4) is 23.0 Å². The van der Waals surface area contributed by atoms with Gasteiger partial charge >= 0.3 is 267 Å². The fourth-order valence-electron chi connectivity index (χ4n) is 5.15. The van der Waals surface area contributed by atoms with Gasteiger partial charge in [0, 0.05) is 0 Å². The Bertz CT molecular complexity index is 1360. The van der Waals surface area contributed by atoms with Gasteiger partial charge in [-0.1, -0.05) is 0 Å². The van der Waals surface area contributed by atoms with Crippen LogP contribution in [-0.4, -0.2) is 50.7 Å². The van der Waals surface area contributed by atoms with Gasteiger partial charge < -0.3 is 0 Å². The van der Waals surface area contributed by atoms with E-state index in [9.17, 15) is 0 Å². The topological polar surface area (TPSA) is 92.3 Å². The van der Waals surface area contributed by atoms with Gasteiger partial charge in [-0.3, -0.25) is 0 Å². The molecule has 2 aromatic rings. The van der Waals surface area contributed by atoms with E-state index in [1.165, 1.54) is 7.11 Å². The summed E-state index contributed by atoms with van der Waals surface area (Å²) in [5.74, 6) is -1.05. The van der Waals surface area contributed by atoms with E-state index in [1.54, 1.807) is 6.92 Å². The summed E-state index contributed by atoms with van der Waals surface area (Å²) in [7, 11) is -5.29. The first-order chi connectivity index (χ1) is 18.8. The summed E-state index contributed by atoms with van der Waals surface area (Å²) in [4.78, 5) is 0. The Kier molecular flexibility index (Phi) is 6.41. The molecule has 6 atom stereocenters. The van der Waals surface area contributed by atoms with Crippen LogP contribution >= 0.6 is 100 Å². The maximum atomic E-state index is 6.62. The average Bonchev–Trinajstić information content (AvgIpc) is 3.54. The van der Waals surface area contributed by atoms with Crippen molar-refractivity contribution in [3.05, 3.63) is 40.2 Å². The zero-order valence-corrected chi connectivity index (χ0v) is 26.7. The molecule has 5 aliphatic rings. The molecular weight excluding hydrogens is 727 g/mol. The number of benzene rings is 2. The molecule has 2 aromatic carbocycles. The van der Waals surface area contributed by atoms with Gasteiger partial charge in [0.15, 0.2) is 0 Å². The predicted molar refractivity (Wildman–Crippen MR) is 148 cm³/mol. The molecule has 40 heavy (non-hydrogen) atoms. The van der Waals surface area contributed by atoms with Crippen LogP contribution in [0.25, 0.3) is 0 Å². The molecule has 0 unspecified atom stereocenters. The molecule has 0 radical (unpaired) electrons. The second-order valence-corrected chi connectivity index (χ2v) is 15.6. The van der Waals surface area contributed by atoms with Crippen LogP contribution in [0, 0.1) is 0 Å².